The van der Waals surface area contributed by atoms with E-state index in [4.69, 9.17) is 0 Å². The molecule has 2 rings (SSSR count). The summed E-state index contributed by atoms with van der Waals surface area (Å²) in [5.74, 6) is 0. The quantitative estimate of drug-likeness (QED) is 0.530. The van der Waals surface area contributed by atoms with Crippen molar-refractivity contribution in [2.75, 3.05) is 0 Å². The molecule has 1 unspecified atom stereocenters. The van der Waals surface area contributed by atoms with E-state index in [1.165, 1.54) is 10.1 Å². The van der Waals surface area contributed by atoms with Gasteiger partial charge in [0.25, 0.3) is 0 Å². The Morgan fingerprint density at radius 3 is 2.60 bits per heavy atom. The largest absolute Gasteiger partial charge is 0.153 e. The lowest BCUT2D eigenvalue weighted by atomic mass is 10.3. The summed E-state index contributed by atoms with van der Waals surface area (Å²) in [4.78, 5) is 0. The standard InChI is InChI=1S/C8H6S.H3P/c1-2-4-8-7(3-1)5-6-9-8;/h1-6H;1H3. The molecule has 0 saturated heterocycles. The van der Waals surface area contributed by atoms with Crippen molar-refractivity contribution in [3.8, 4) is 0 Å². The third-order valence-corrected chi connectivity index (χ3v) is 2.26. The normalized spacial score (nSPS) is 9.20. The average molecular weight is 168 g/mol. The molecule has 0 nitrogen and oxygen atoms in total. The Hall–Kier alpha value is -0.390. The van der Waals surface area contributed by atoms with Crippen LogP contribution in [-0.4, -0.2) is 0 Å². The van der Waals surface area contributed by atoms with Crippen LogP contribution in [0.2, 0.25) is 0 Å². The summed E-state index contributed by atoms with van der Waals surface area (Å²) in [6.07, 6.45) is 0. The van der Waals surface area contributed by atoms with Crippen molar-refractivity contribution in [1.29, 1.82) is 0 Å². The Balaban J connectivity index is 0.000000500. The second-order valence-corrected chi connectivity index (χ2v) is 2.91. The first-order valence-corrected chi connectivity index (χ1v) is 3.77. The van der Waals surface area contributed by atoms with Crippen LogP contribution >= 0.6 is 21.2 Å². The first-order valence-electron chi connectivity index (χ1n) is 2.89. The van der Waals surface area contributed by atoms with Crippen LogP contribution < -0.4 is 0 Å². The topological polar surface area (TPSA) is 0 Å². The number of fused-ring (bicyclic) bond motifs is 1. The van der Waals surface area contributed by atoms with E-state index in [1.807, 2.05) is 0 Å². The molecule has 1 aromatic heterocycles. The van der Waals surface area contributed by atoms with Gasteiger partial charge in [0.15, 0.2) is 0 Å². The molecule has 1 atom stereocenters. The van der Waals surface area contributed by atoms with Gasteiger partial charge in [-0.05, 0) is 22.9 Å². The highest BCUT2D eigenvalue weighted by atomic mass is 32.1. The van der Waals surface area contributed by atoms with Crippen molar-refractivity contribution in [3.63, 3.8) is 0 Å². The Morgan fingerprint density at radius 1 is 1.00 bits per heavy atom. The SMILES string of the molecule is P.c1ccc2sccc2c1. The van der Waals surface area contributed by atoms with Crippen LogP contribution in [0.1, 0.15) is 0 Å². The molecule has 0 aliphatic heterocycles. The molecule has 1 heterocycles. The highest BCUT2D eigenvalue weighted by molar-refractivity contribution is 7.17. The van der Waals surface area contributed by atoms with Crippen LogP contribution in [0.4, 0.5) is 0 Å². The molecule has 0 aliphatic rings. The molecule has 0 fully saturated rings. The van der Waals surface area contributed by atoms with Gasteiger partial charge in [0, 0.05) is 4.70 Å². The second kappa shape index (κ2) is 3.14. The fourth-order valence-corrected chi connectivity index (χ4v) is 1.70. The molecule has 2 aromatic rings. The van der Waals surface area contributed by atoms with Crippen LogP contribution in [-0.2, 0) is 0 Å². The Kier molecular flexibility index (Phi) is 2.42. The van der Waals surface area contributed by atoms with E-state index in [9.17, 15) is 0 Å². The van der Waals surface area contributed by atoms with Gasteiger partial charge in [-0.3, -0.25) is 0 Å². The zero-order valence-corrected chi connectivity index (χ0v) is 7.81. The minimum Gasteiger partial charge on any atom is -0.153 e. The van der Waals surface area contributed by atoms with Crippen molar-refractivity contribution >= 4 is 31.3 Å². The predicted octanol–water partition coefficient (Wildman–Crippen LogP) is 2.96. The van der Waals surface area contributed by atoms with Gasteiger partial charge in [-0.1, -0.05) is 18.2 Å². The molecule has 2 heteroatoms. The minimum atomic E-state index is 0. The summed E-state index contributed by atoms with van der Waals surface area (Å²) >= 11 is 1.79. The molecule has 0 bridgehead atoms. The lowest BCUT2D eigenvalue weighted by Gasteiger charge is -1.82. The summed E-state index contributed by atoms with van der Waals surface area (Å²) in [6.45, 7) is 0. The highest BCUT2D eigenvalue weighted by Crippen LogP contribution is 2.18. The molecule has 0 N–H and O–H groups in total. The third kappa shape index (κ3) is 1.21. The zero-order chi connectivity index (χ0) is 6.10. The monoisotopic (exact) mass is 168 g/mol. The zero-order valence-electron chi connectivity index (χ0n) is 5.58. The van der Waals surface area contributed by atoms with Crippen LogP contribution in [0.25, 0.3) is 10.1 Å². The molecular weight excluding hydrogens is 159 g/mol. The second-order valence-electron chi connectivity index (χ2n) is 1.96. The van der Waals surface area contributed by atoms with E-state index in [0.717, 1.165) is 0 Å². The van der Waals surface area contributed by atoms with Crippen molar-refractivity contribution in [2.24, 2.45) is 0 Å². The maximum absolute atomic E-state index is 2.14. The molecule has 0 spiro atoms. The number of thiophene rings is 1. The molecule has 0 saturated carbocycles. The molecule has 52 valence electrons. The number of hydrogen-bond acceptors (Lipinski definition) is 1. The summed E-state index contributed by atoms with van der Waals surface area (Å²) in [6, 6.07) is 10.5. The molecule has 1 aromatic carbocycles. The Bertz CT molecular complexity index is 283. The van der Waals surface area contributed by atoms with Crippen LogP contribution in [0.3, 0.4) is 0 Å². The van der Waals surface area contributed by atoms with Crippen molar-refractivity contribution in [1.82, 2.24) is 0 Å². The number of hydrogen-bond donors (Lipinski definition) is 0. The first-order chi connectivity index (χ1) is 4.47. The van der Waals surface area contributed by atoms with Gasteiger partial charge in [0.05, 0.1) is 0 Å². The van der Waals surface area contributed by atoms with E-state index in [0.29, 0.717) is 0 Å². The van der Waals surface area contributed by atoms with Crippen LogP contribution in [0, 0.1) is 0 Å². The smallest absolute Gasteiger partial charge is 0.0342 e. The fraction of sp³-hybridized carbons (Fsp3) is 0. The van der Waals surface area contributed by atoms with Gasteiger partial charge in [-0.15, -0.1) is 11.3 Å². The summed E-state index contributed by atoms with van der Waals surface area (Å²) in [5.41, 5.74) is 0. The third-order valence-electron chi connectivity index (χ3n) is 1.36. The first kappa shape index (κ1) is 7.71. The Morgan fingerprint density at radius 2 is 1.80 bits per heavy atom. The Labute approximate surface area is 67.5 Å². The van der Waals surface area contributed by atoms with Gasteiger partial charge >= 0.3 is 0 Å². The molecule has 10 heavy (non-hydrogen) atoms. The fourth-order valence-electron chi connectivity index (χ4n) is 0.906. The van der Waals surface area contributed by atoms with E-state index >= 15 is 0 Å². The van der Waals surface area contributed by atoms with Gasteiger partial charge in [0.2, 0.25) is 0 Å². The lowest BCUT2D eigenvalue weighted by Crippen LogP contribution is -1.56. The van der Waals surface area contributed by atoms with Crippen LogP contribution in [0.15, 0.2) is 35.7 Å². The van der Waals surface area contributed by atoms with Crippen molar-refractivity contribution in [2.45, 2.75) is 0 Å². The molecule has 0 amide bonds. The maximum Gasteiger partial charge on any atom is 0.0342 e. The van der Waals surface area contributed by atoms with E-state index in [-0.39, 0.29) is 9.90 Å². The van der Waals surface area contributed by atoms with E-state index in [2.05, 4.69) is 35.7 Å². The average Bonchev–Trinajstić information content (AvgIpc) is 2.33. The maximum atomic E-state index is 2.14. The summed E-state index contributed by atoms with van der Waals surface area (Å²) in [7, 11) is 0. The van der Waals surface area contributed by atoms with Gasteiger partial charge in [-0.2, -0.15) is 9.90 Å². The number of rotatable bonds is 0. The van der Waals surface area contributed by atoms with Gasteiger partial charge in [0.1, 0.15) is 0 Å². The molecule has 0 radical (unpaired) electrons. The van der Waals surface area contributed by atoms with Crippen molar-refractivity contribution < 1.29 is 0 Å². The summed E-state index contributed by atoms with van der Waals surface area (Å²) in [5, 5.41) is 3.47. The van der Waals surface area contributed by atoms with E-state index < -0.39 is 0 Å². The predicted molar refractivity (Wildman–Crippen MR) is 52.9 cm³/mol. The molecule has 0 aliphatic carbocycles. The molecular formula is C8H9PS. The van der Waals surface area contributed by atoms with Crippen molar-refractivity contribution in [3.05, 3.63) is 35.7 Å². The van der Waals surface area contributed by atoms with Gasteiger partial charge in [-0.25, -0.2) is 0 Å². The lowest BCUT2D eigenvalue weighted by molar-refractivity contribution is 1.86. The summed E-state index contributed by atoms with van der Waals surface area (Å²) < 4.78 is 1.37. The number of benzene rings is 1. The van der Waals surface area contributed by atoms with Crippen LogP contribution in [0.5, 0.6) is 0 Å². The minimum absolute atomic E-state index is 0. The van der Waals surface area contributed by atoms with E-state index in [1.54, 1.807) is 11.3 Å². The van der Waals surface area contributed by atoms with Gasteiger partial charge < -0.3 is 0 Å². The highest BCUT2D eigenvalue weighted by Gasteiger charge is 1.87.